The van der Waals surface area contributed by atoms with E-state index in [1.807, 2.05) is 6.92 Å². The van der Waals surface area contributed by atoms with Gasteiger partial charge in [-0.05, 0) is 19.1 Å². The third-order valence-electron chi connectivity index (χ3n) is 2.37. The summed E-state index contributed by atoms with van der Waals surface area (Å²) in [7, 11) is 0. The van der Waals surface area contributed by atoms with Gasteiger partial charge in [0.2, 0.25) is 0 Å². The minimum Gasteiger partial charge on any atom is -0.494 e. The first-order chi connectivity index (χ1) is 9.10. The van der Waals surface area contributed by atoms with Crippen molar-refractivity contribution in [2.24, 2.45) is 0 Å². The summed E-state index contributed by atoms with van der Waals surface area (Å²) in [6.45, 7) is 2.42. The van der Waals surface area contributed by atoms with Crippen LogP contribution in [0.4, 0.5) is 5.82 Å². The molecule has 1 aromatic carbocycles. The number of carboxylic acids is 1. The smallest absolute Gasteiger partial charge is 0.354 e. The standard InChI is InChI=1S/C13H13N3O3/c1-2-19-9-5-3-4-8(6-9)12-15-10(13(17)18)7-11(14)16-12/h3-7H,2H2,1H3,(H,17,18)(H2,14,15,16). The van der Waals surface area contributed by atoms with E-state index < -0.39 is 5.97 Å². The predicted octanol–water partition coefficient (Wildman–Crippen LogP) is 1.82. The van der Waals surface area contributed by atoms with E-state index >= 15 is 0 Å². The summed E-state index contributed by atoms with van der Waals surface area (Å²) in [6.07, 6.45) is 0. The Kier molecular flexibility index (Phi) is 3.61. The summed E-state index contributed by atoms with van der Waals surface area (Å²) < 4.78 is 5.37. The van der Waals surface area contributed by atoms with E-state index in [1.165, 1.54) is 6.07 Å². The van der Waals surface area contributed by atoms with E-state index in [0.29, 0.717) is 17.9 Å². The molecule has 0 saturated carbocycles. The maximum Gasteiger partial charge on any atom is 0.354 e. The Morgan fingerprint density at radius 2 is 2.16 bits per heavy atom. The van der Waals surface area contributed by atoms with Crippen molar-refractivity contribution in [3.63, 3.8) is 0 Å². The van der Waals surface area contributed by atoms with Crippen LogP contribution in [0.25, 0.3) is 11.4 Å². The van der Waals surface area contributed by atoms with Gasteiger partial charge in [0.1, 0.15) is 11.6 Å². The maximum absolute atomic E-state index is 10.9. The van der Waals surface area contributed by atoms with Crippen molar-refractivity contribution in [3.05, 3.63) is 36.0 Å². The number of nitrogen functional groups attached to an aromatic ring is 1. The van der Waals surface area contributed by atoms with Crippen molar-refractivity contribution >= 4 is 11.8 Å². The highest BCUT2D eigenvalue weighted by Crippen LogP contribution is 2.22. The topological polar surface area (TPSA) is 98.3 Å². The first kappa shape index (κ1) is 12.8. The number of hydrogen-bond donors (Lipinski definition) is 2. The number of nitrogens with zero attached hydrogens (tertiary/aromatic N) is 2. The second kappa shape index (κ2) is 5.34. The molecule has 1 aromatic heterocycles. The molecule has 0 saturated heterocycles. The summed E-state index contributed by atoms with van der Waals surface area (Å²) in [5, 5.41) is 8.95. The number of ether oxygens (including phenoxy) is 1. The lowest BCUT2D eigenvalue weighted by Crippen LogP contribution is -2.05. The molecule has 0 fully saturated rings. The van der Waals surface area contributed by atoms with Crippen LogP contribution in [-0.2, 0) is 0 Å². The summed E-state index contributed by atoms with van der Waals surface area (Å²) >= 11 is 0. The third-order valence-corrected chi connectivity index (χ3v) is 2.37. The molecule has 0 amide bonds. The Hall–Kier alpha value is -2.63. The van der Waals surface area contributed by atoms with Gasteiger partial charge in [0, 0.05) is 11.6 Å². The lowest BCUT2D eigenvalue weighted by atomic mass is 10.2. The average Bonchev–Trinajstić information content (AvgIpc) is 2.38. The van der Waals surface area contributed by atoms with Gasteiger partial charge in [-0.25, -0.2) is 14.8 Å². The van der Waals surface area contributed by atoms with Crippen molar-refractivity contribution in [2.75, 3.05) is 12.3 Å². The summed E-state index contributed by atoms with van der Waals surface area (Å²) in [5.74, 6) is -0.0950. The van der Waals surface area contributed by atoms with E-state index in [2.05, 4.69) is 9.97 Å². The minimum atomic E-state index is -1.14. The predicted molar refractivity (Wildman–Crippen MR) is 70.0 cm³/mol. The van der Waals surface area contributed by atoms with Crippen LogP contribution in [0.2, 0.25) is 0 Å². The molecule has 0 atom stereocenters. The Morgan fingerprint density at radius 1 is 1.37 bits per heavy atom. The maximum atomic E-state index is 10.9. The second-order valence-corrected chi connectivity index (χ2v) is 3.77. The van der Waals surface area contributed by atoms with E-state index in [4.69, 9.17) is 15.6 Å². The molecule has 0 radical (unpaired) electrons. The molecule has 98 valence electrons. The third kappa shape index (κ3) is 2.98. The number of hydrogen-bond acceptors (Lipinski definition) is 5. The molecular formula is C13H13N3O3. The van der Waals surface area contributed by atoms with Gasteiger partial charge in [-0.15, -0.1) is 0 Å². The molecule has 6 heteroatoms. The molecule has 2 rings (SSSR count). The molecule has 0 aliphatic heterocycles. The highest BCUT2D eigenvalue weighted by atomic mass is 16.5. The molecule has 6 nitrogen and oxygen atoms in total. The quantitative estimate of drug-likeness (QED) is 0.869. The zero-order valence-electron chi connectivity index (χ0n) is 10.3. The van der Waals surface area contributed by atoms with Crippen LogP contribution < -0.4 is 10.5 Å². The molecule has 2 aromatic rings. The van der Waals surface area contributed by atoms with Crippen molar-refractivity contribution < 1.29 is 14.6 Å². The summed E-state index contributed by atoms with van der Waals surface area (Å²) in [5.41, 5.74) is 6.10. The number of benzene rings is 1. The van der Waals surface area contributed by atoms with Crippen molar-refractivity contribution in [1.82, 2.24) is 9.97 Å². The summed E-state index contributed by atoms with van der Waals surface area (Å²) in [6, 6.07) is 8.32. The zero-order chi connectivity index (χ0) is 13.8. The molecule has 0 aliphatic rings. The number of nitrogens with two attached hydrogens (primary N) is 1. The van der Waals surface area contributed by atoms with Gasteiger partial charge >= 0.3 is 5.97 Å². The molecule has 0 aliphatic carbocycles. The largest absolute Gasteiger partial charge is 0.494 e. The van der Waals surface area contributed by atoms with Gasteiger partial charge in [0.05, 0.1) is 6.61 Å². The first-order valence-electron chi connectivity index (χ1n) is 5.71. The van der Waals surface area contributed by atoms with Crippen molar-refractivity contribution in [1.29, 1.82) is 0 Å². The molecule has 3 N–H and O–H groups in total. The molecule has 0 spiro atoms. The SMILES string of the molecule is CCOc1cccc(-c2nc(N)cc(C(=O)O)n2)c1. The normalized spacial score (nSPS) is 10.2. The highest BCUT2D eigenvalue weighted by Gasteiger charge is 2.11. The Bertz CT molecular complexity index is 614. The van der Waals surface area contributed by atoms with Crippen LogP contribution >= 0.6 is 0 Å². The van der Waals surface area contributed by atoms with Crippen LogP contribution in [0.15, 0.2) is 30.3 Å². The van der Waals surface area contributed by atoms with Crippen LogP contribution in [0.3, 0.4) is 0 Å². The summed E-state index contributed by atoms with van der Waals surface area (Å²) in [4.78, 5) is 18.9. The van der Waals surface area contributed by atoms with Crippen LogP contribution in [0.1, 0.15) is 17.4 Å². The Labute approximate surface area is 109 Å². The van der Waals surface area contributed by atoms with Crippen molar-refractivity contribution in [2.45, 2.75) is 6.92 Å². The monoisotopic (exact) mass is 259 g/mol. The molecule has 19 heavy (non-hydrogen) atoms. The number of carbonyl (C=O) groups is 1. The Morgan fingerprint density at radius 3 is 2.84 bits per heavy atom. The van der Waals surface area contributed by atoms with Gasteiger partial charge in [-0.2, -0.15) is 0 Å². The first-order valence-corrected chi connectivity index (χ1v) is 5.71. The number of aromatic nitrogens is 2. The van der Waals surface area contributed by atoms with E-state index in [-0.39, 0.29) is 17.3 Å². The fourth-order valence-corrected chi connectivity index (χ4v) is 1.60. The van der Waals surface area contributed by atoms with E-state index in [0.717, 1.165) is 0 Å². The average molecular weight is 259 g/mol. The minimum absolute atomic E-state index is 0.115. The van der Waals surface area contributed by atoms with Crippen molar-refractivity contribution in [3.8, 4) is 17.1 Å². The van der Waals surface area contributed by atoms with Gasteiger partial charge in [0.25, 0.3) is 0 Å². The fourth-order valence-electron chi connectivity index (χ4n) is 1.60. The molecular weight excluding hydrogens is 246 g/mol. The number of anilines is 1. The number of aromatic carboxylic acids is 1. The van der Waals surface area contributed by atoms with Gasteiger partial charge in [-0.3, -0.25) is 0 Å². The molecule has 1 heterocycles. The Balaban J connectivity index is 2.46. The van der Waals surface area contributed by atoms with Gasteiger partial charge < -0.3 is 15.6 Å². The fraction of sp³-hybridized carbons (Fsp3) is 0.154. The lowest BCUT2D eigenvalue weighted by Gasteiger charge is -2.06. The lowest BCUT2D eigenvalue weighted by molar-refractivity contribution is 0.0690. The number of carboxylic acid groups (broad SMARTS) is 1. The van der Waals surface area contributed by atoms with Crippen LogP contribution in [0, 0.1) is 0 Å². The van der Waals surface area contributed by atoms with E-state index in [1.54, 1.807) is 24.3 Å². The number of rotatable bonds is 4. The van der Waals surface area contributed by atoms with Crippen LogP contribution in [0.5, 0.6) is 5.75 Å². The molecule has 0 bridgehead atoms. The second-order valence-electron chi connectivity index (χ2n) is 3.77. The zero-order valence-corrected chi connectivity index (χ0v) is 10.3. The van der Waals surface area contributed by atoms with Gasteiger partial charge in [0.15, 0.2) is 11.5 Å². The molecule has 0 unspecified atom stereocenters. The van der Waals surface area contributed by atoms with Gasteiger partial charge in [-0.1, -0.05) is 12.1 Å². The highest BCUT2D eigenvalue weighted by molar-refractivity contribution is 5.86. The van der Waals surface area contributed by atoms with E-state index in [9.17, 15) is 4.79 Å². The van der Waals surface area contributed by atoms with Crippen LogP contribution in [-0.4, -0.2) is 27.7 Å².